The molecule has 2 N–H and O–H groups in total. The van der Waals surface area contributed by atoms with E-state index in [1.807, 2.05) is 18.2 Å². The number of carbonyl (C=O) groups is 1. The van der Waals surface area contributed by atoms with Gasteiger partial charge < -0.3 is 10.1 Å². The van der Waals surface area contributed by atoms with E-state index < -0.39 is 5.97 Å². The van der Waals surface area contributed by atoms with Gasteiger partial charge in [-0.1, -0.05) is 44.2 Å². The van der Waals surface area contributed by atoms with Crippen molar-refractivity contribution in [1.29, 1.82) is 0 Å². The Morgan fingerprint density at radius 1 is 1.03 bits per heavy atom. The van der Waals surface area contributed by atoms with Gasteiger partial charge in [0.2, 0.25) is 0 Å². The summed E-state index contributed by atoms with van der Waals surface area (Å²) in [6.07, 6.45) is 9.71. The molecule has 160 valence electrons. The molecule has 2 unspecified atom stereocenters. The van der Waals surface area contributed by atoms with Gasteiger partial charge in [-0.3, -0.25) is 0 Å². The zero-order valence-corrected chi connectivity index (χ0v) is 18.4. The van der Waals surface area contributed by atoms with Gasteiger partial charge in [0.25, 0.3) is 0 Å². The van der Waals surface area contributed by atoms with Gasteiger partial charge in [-0.2, -0.15) is 0 Å². The van der Waals surface area contributed by atoms with E-state index in [0.717, 1.165) is 39.9 Å². The van der Waals surface area contributed by atoms with Crippen molar-refractivity contribution in [3.05, 3.63) is 65.7 Å². The molecule has 2 aliphatic rings. The molecule has 0 amide bonds. The number of carboxylic acid groups (broad SMARTS) is 1. The number of aromatic nitrogens is 1. The van der Waals surface area contributed by atoms with Crippen LogP contribution in [-0.2, 0) is 10.2 Å². The molecule has 3 heteroatoms. The van der Waals surface area contributed by atoms with Gasteiger partial charge in [-0.05, 0) is 96.2 Å². The quantitative estimate of drug-likeness (QED) is 0.451. The third-order valence-corrected chi connectivity index (χ3v) is 7.57. The number of aromatic amines is 1. The molecule has 1 aromatic heterocycles. The Hall–Kier alpha value is -2.81. The minimum Gasteiger partial charge on any atom is -0.478 e. The fourth-order valence-electron chi connectivity index (χ4n) is 6.45. The molecule has 2 aromatic carbocycles. The average molecular weight is 414 g/mol. The van der Waals surface area contributed by atoms with E-state index in [1.54, 1.807) is 6.08 Å². The number of fused-ring (bicyclic) bond motifs is 3. The van der Waals surface area contributed by atoms with Gasteiger partial charge >= 0.3 is 5.97 Å². The third kappa shape index (κ3) is 4.06. The Morgan fingerprint density at radius 2 is 1.74 bits per heavy atom. The van der Waals surface area contributed by atoms with Gasteiger partial charge in [0.05, 0.1) is 0 Å². The predicted octanol–water partition coefficient (Wildman–Crippen LogP) is 7.04. The summed E-state index contributed by atoms with van der Waals surface area (Å²) in [4.78, 5) is 14.3. The SMILES string of the molecule is CC1CC2CC(C1)CC(C)(c1ccc(-c3cc4cc(/C=C/C(=O)O)ccc4[nH]3)cc1)C2. The highest BCUT2D eigenvalue weighted by Crippen LogP contribution is 2.51. The lowest BCUT2D eigenvalue weighted by atomic mass is 9.57. The maximum absolute atomic E-state index is 10.8. The monoisotopic (exact) mass is 413 g/mol. The van der Waals surface area contributed by atoms with Crippen LogP contribution in [0.3, 0.4) is 0 Å². The molecule has 5 rings (SSSR count). The first-order valence-corrected chi connectivity index (χ1v) is 11.5. The molecule has 2 bridgehead atoms. The van der Waals surface area contributed by atoms with Gasteiger partial charge in [0, 0.05) is 22.7 Å². The standard InChI is InChI=1S/C28H31NO2/c1-18-11-20-13-21(12-18)17-28(2,16-20)24-7-5-22(6-8-24)26-15-23-14-19(4-10-27(30)31)3-9-25(23)29-26/h3-10,14-15,18,20-21,29H,11-13,16-17H2,1-2H3,(H,30,31)/b10-4+. The molecule has 2 fully saturated rings. The molecule has 2 atom stereocenters. The highest BCUT2D eigenvalue weighted by atomic mass is 16.4. The zero-order chi connectivity index (χ0) is 21.6. The smallest absolute Gasteiger partial charge is 0.328 e. The van der Waals surface area contributed by atoms with Crippen LogP contribution in [0.15, 0.2) is 54.6 Å². The van der Waals surface area contributed by atoms with Crippen LogP contribution in [0.4, 0.5) is 0 Å². The fraction of sp³-hybridized carbons (Fsp3) is 0.393. The van der Waals surface area contributed by atoms with Crippen LogP contribution < -0.4 is 0 Å². The molecule has 1 heterocycles. The molecule has 2 aliphatic carbocycles. The van der Waals surface area contributed by atoms with Crippen LogP contribution in [0.25, 0.3) is 28.2 Å². The Morgan fingerprint density at radius 3 is 2.42 bits per heavy atom. The Kier molecular flexibility index (Phi) is 5.00. The molecule has 31 heavy (non-hydrogen) atoms. The van der Waals surface area contributed by atoms with E-state index in [9.17, 15) is 4.79 Å². The molecule has 2 saturated carbocycles. The van der Waals surface area contributed by atoms with E-state index in [2.05, 4.69) is 49.2 Å². The Bertz CT molecular complexity index is 1120. The second-order valence-corrected chi connectivity index (χ2v) is 10.3. The summed E-state index contributed by atoms with van der Waals surface area (Å²) in [5.41, 5.74) is 6.03. The summed E-state index contributed by atoms with van der Waals surface area (Å²) in [6.45, 7) is 4.91. The number of H-pyrrole nitrogens is 1. The van der Waals surface area contributed by atoms with E-state index in [4.69, 9.17) is 5.11 Å². The van der Waals surface area contributed by atoms with Crippen molar-refractivity contribution in [3.8, 4) is 11.3 Å². The zero-order valence-electron chi connectivity index (χ0n) is 18.4. The van der Waals surface area contributed by atoms with Crippen LogP contribution in [-0.4, -0.2) is 16.1 Å². The van der Waals surface area contributed by atoms with E-state index >= 15 is 0 Å². The fourth-order valence-corrected chi connectivity index (χ4v) is 6.45. The first kappa shape index (κ1) is 20.1. The van der Waals surface area contributed by atoms with Gasteiger partial charge in [0.15, 0.2) is 0 Å². The Balaban J connectivity index is 1.38. The minimum absolute atomic E-state index is 0.304. The number of aliphatic carboxylic acids is 1. The van der Waals surface area contributed by atoms with Crippen molar-refractivity contribution in [2.75, 3.05) is 0 Å². The minimum atomic E-state index is -0.931. The number of nitrogens with one attached hydrogen (secondary N) is 1. The summed E-state index contributed by atoms with van der Waals surface area (Å²) in [6, 6.07) is 17.3. The maximum atomic E-state index is 10.8. The third-order valence-electron chi connectivity index (χ3n) is 7.57. The molecule has 0 radical (unpaired) electrons. The first-order chi connectivity index (χ1) is 14.9. The van der Waals surface area contributed by atoms with Crippen LogP contribution in [0.5, 0.6) is 0 Å². The molecule has 0 spiro atoms. The van der Waals surface area contributed by atoms with Crippen LogP contribution in [0.1, 0.15) is 57.1 Å². The number of hydrogen-bond donors (Lipinski definition) is 2. The second kappa shape index (κ2) is 7.71. The lowest BCUT2D eigenvalue weighted by Crippen LogP contribution is -2.38. The van der Waals surface area contributed by atoms with Crippen molar-refractivity contribution in [3.63, 3.8) is 0 Å². The summed E-state index contributed by atoms with van der Waals surface area (Å²) in [5, 5.41) is 9.93. The van der Waals surface area contributed by atoms with Crippen LogP contribution >= 0.6 is 0 Å². The topological polar surface area (TPSA) is 53.1 Å². The number of rotatable bonds is 4. The summed E-state index contributed by atoms with van der Waals surface area (Å²) >= 11 is 0. The van der Waals surface area contributed by atoms with Crippen molar-refractivity contribution >= 4 is 22.9 Å². The molecular formula is C28H31NO2. The summed E-state index contributed by atoms with van der Waals surface area (Å²) in [5.74, 6) is 1.76. The summed E-state index contributed by atoms with van der Waals surface area (Å²) in [7, 11) is 0. The van der Waals surface area contributed by atoms with Crippen molar-refractivity contribution in [2.45, 2.75) is 51.4 Å². The molecular weight excluding hydrogens is 382 g/mol. The number of carboxylic acids is 1. The lowest BCUT2D eigenvalue weighted by Gasteiger charge is -2.47. The van der Waals surface area contributed by atoms with Gasteiger partial charge in [-0.25, -0.2) is 4.79 Å². The van der Waals surface area contributed by atoms with E-state index in [1.165, 1.54) is 49.3 Å². The van der Waals surface area contributed by atoms with Crippen LogP contribution in [0.2, 0.25) is 0 Å². The van der Waals surface area contributed by atoms with E-state index in [-0.39, 0.29) is 0 Å². The van der Waals surface area contributed by atoms with Crippen molar-refractivity contribution in [2.24, 2.45) is 17.8 Å². The highest BCUT2D eigenvalue weighted by molar-refractivity contribution is 5.90. The largest absolute Gasteiger partial charge is 0.478 e. The molecule has 3 nitrogen and oxygen atoms in total. The summed E-state index contributed by atoms with van der Waals surface area (Å²) < 4.78 is 0. The van der Waals surface area contributed by atoms with Crippen molar-refractivity contribution < 1.29 is 9.90 Å². The van der Waals surface area contributed by atoms with Gasteiger partial charge in [-0.15, -0.1) is 0 Å². The Labute approximate surface area is 184 Å². The average Bonchev–Trinajstić information content (AvgIpc) is 3.14. The van der Waals surface area contributed by atoms with Crippen molar-refractivity contribution in [1.82, 2.24) is 4.98 Å². The molecule has 0 aliphatic heterocycles. The second-order valence-electron chi connectivity index (χ2n) is 10.3. The molecule has 3 aromatic rings. The number of benzene rings is 2. The lowest BCUT2D eigenvalue weighted by molar-refractivity contribution is -0.131. The first-order valence-electron chi connectivity index (χ1n) is 11.5. The maximum Gasteiger partial charge on any atom is 0.328 e. The predicted molar refractivity (Wildman–Crippen MR) is 127 cm³/mol. The normalized spacial score (nSPS) is 28.3. The van der Waals surface area contributed by atoms with Gasteiger partial charge in [0.1, 0.15) is 0 Å². The number of hydrogen-bond acceptors (Lipinski definition) is 1. The van der Waals surface area contributed by atoms with E-state index in [0.29, 0.717) is 5.41 Å². The van der Waals surface area contributed by atoms with Crippen LogP contribution in [0, 0.1) is 17.8 Å². The highest BCUT2D eigenvalue weighted by Gasteiger charge is 2.41. The molecule has 0 saturated heterocycles.